The van der Waals surface area contributed by atoms with Crippen molar-refractivity contribution in [3.8, 4) is 11.4 Å². The van der Waals surface area contributed by atoms with Gasteiger partial charge in [-0.05, 0) is 58.9 Å². The van der Waals surface area contributed by atoms with E-state index in [4.69, 9.17) is 25.8 Å². The molecular weight excluding hydrogens is 594 g/mol. The summed E-state index contributed by atoms with van der Waals surface area (Å²) >= 11 is 5.85. The summed E-state index contributed by atoms with van der Waals surface area (Å²) in [5.74, 6) is -4.43. The maximum atomic E-state index is 15.4. The van der Waals surface area contributed by atoms with E-state index in [9.17, 15) is 22.4 Å². The highest BCUT2D eigenvalue weighted by atomic mass is 35.5. The molecule has 0 bridgehead atoms. The summed E-state index contributed by atoms with van der Waals surface area (Å²) in [6, 6.07) is 1.22. The van der Waals surface area contributed by atoms with E-state index in [2.05, 4.69) is 16.8 Å². The molecule has 1 unspecified atom stereocenters. The molecule has 1 aliphatic rings. The van der Waals surface area contributed by atoms with Gasteiger partial charge in [-0.3, -0.25) is 9.56 Å². The predicted molar refractivity (Wildman–Crippen MR) is 144 cm³/mol. The average Bonchev–Trinajstić information content (AvgIpc) is 3.25. The quantitative estimate of drug-likeness (QED) is 0.155. The molecule has 1 aromatic carbocycles. The number of aliphatic imine (C=N–C) groups is 1. The van der Waals surface area contributed by atoms with Crippen molar-refractivity contribution in [3.63, 3.8) is 0 Å². The van der Waals surface area contributed by atoms with Crippen LogP contribution in [0.3, 0.4) is 0 Å². The second-order valence-corrected chi connectivity index (χ2v) is 9.73. The highest BCUT2D eigenvalue weighted by Crippen LogP contribution is 2.36. The standard InChI is InChI=1S/C27H29ClF6N4O4/c1-5-37-24(14-41-25-8-6-7-9-40-25)36-38(26(37)39)22-12-23(42-16(3)27(32,33)34)18(11-20(22)30)19(29)10-17(15(2)28)21(31)13-35-4/h10-13,16,25H,4-9,14H2,1-3H3/b17-15?,19-10-,21-13+/t16-,25?/m0/s1. The normalized spacial score (nSPS) is 18.1. The molecule has 2 atom stereocenters. The zero-order chi connectivity index (χ0) is 31.2. The molecule has 2 heterocycles. The first-order valence-electron chi connectivity index (χ1n) is 12.8. The maximum absolute atomic E-state index is 15.4. The molecule has 230 valence electrons. The number of aromatic nitrogens is 3. The number of benzene rings is 1. The molecule has 1 saturated heterocycles. The van der Waals surface area contributed by atoms with Crippen LogP contribution in [-0.2, 0) is 22.6 Å². The SMILES string of the molecule is C=N/C=C(/F)C(/C=C(\F)c1cc(F)c(-n2nc(COC3CCCCO3)n(CC)c2=O)cc1O[C@@H](C)C(F)(F)F)=C(C)Cl. The predicted octanol–water partition coefficient (Wildman–Crippen LogP) is 6.90. The van der Waals surface area contributed by atoms with Crippen molar-refractivity contribution >= 4 is 24.1 Å². The number of allylic oxidation sites excluding steroid dienone is 4. The molecule has 1 fully saturated rings. The van der Waals surface area contributed by atoms with Crippen LogP contribution in [0.4, 0.5) is 26.3 Å². The molecule has 0 radical (unpaired) electrons. The van der Waals surface area contributed by atoms with Crippen LogP contribution in [0.15, 0.2) is 50.6 Å². The number of nitrogens with zero attached hydrogens (tertiary/aromatic N) is 4. The summed E-state index contributed by atoms with van der Waals surface area (Å²) in [7, 11) is 0. The molecule has 0 saturated carbocycles. The Bertz CT molecular complexity index is 1440. The van der Waals surface area contributed by atoms with Gasteiger partial charge in [0.05, 0.1) is 11.8 Å². The van der Waals surface area contributed by atoms with Gasteiger partial charge in [-0.2, -0.15) is 17.9 Å². The summed E-state index contributed by atoms with van der Waals surface area (Å²) in [4.78, 5) is 16.3. The number of hydrogen-bond donors (Lipinski definition) is 0. The molecule has 0 aliphatic carbocycles. The minimum Gasteiger partial charge on any atom is -0.480 e. The van der Waals surface area contributed by atoms with Gasteiger partial charge in [-0.15, -0.1) is 5.10 Å². The van der Waals surface area contributed by atoms with Crippen molar-refractivity contribution in [1.82, 2.24) is 14.3 Å². The van der Waals surface area contributed by atoms with E-state index < -0.39 is 64.3 Å². The second-order valence-electron chi connectivity index (χ2n) is 9.16. The van der Waals surface area contributed by atoms with Crippen molar-refractivity contribution in [2.45, 2.75) is 71.8 Å². The Hall–Kier alpha value is -3.36. The fourth-order valence-electron chi connectivity index (χ4n) is 3.96. The van der Waals surface area contributed by atoms with Gasteiger partial charge in [0.25, 0.3) is 0 Å². The van der Waals surface area contributed by atoms with Crippen LogP contribution in [-0.4, -0.2) is 46.2 Å². The lowest BCUT2D eigenvalue weighted by atomic mass is 10.1. The van der Waals surface area contributed by atoms with Gasteiger partial charge < -0.3 is 14.2 Å². The third-order valence-electron chi connectivity index (χ3n) is 6.19. The number of ether oxygens (including phenoxy) is 3. The van der Waals surface area contributed by atoms with Gasteiger partial charge >= 0.3 is 11.9 Å². The molecular formula is C27H29ClF6N4O4. The Morgan fingerprint density at radius 1 is 1.33 bits per heavy atom. The largest absolute Gasteiger partial charge is 0.480 e. The summed E-state index contributed by atoms with van der Waals surface area (Å²) in [6.07, 6.45) is -4.30. The van der Waals surface area contributed by atoms with Crippen molar-refractivity contribution in [1.29, 1.82) is 0 Å². The highest BCUT2D eigenvalue weighted by molar-refractivity contribution is 6.30. The second kappa shape index (κ2) is 14.2. The molecule has 0 N–H and O–H groups in total. The topological polar surface area (TPSA) is 79.9 Å². The van der Waals surface area contributed by atoms with E-state index in [1.165, 1.54) is 11.5 Å². The van der Waals surface area contributed by atoms with Gasteiger partial charge in [0.2, 0.25) is 0 Å². The fourth-order valence-corrected chi connectivity index (χ4v) is 4.11. The third kappa shape index (κ3) is 7.92. The van der Waals surface area contributed by atoms with Crippen LogP contribution in [0.2, 0.25) is 0 Å². The van der Waals surface area contributed by atoms with Crippen LogP contribution in [0.1, 0.15) is 51.4 Å². The first kappa shape index (κ1) is 33.1. The van der Waals surface area contributed by atoms with Crippen LogP contribution in [0, 0.1) is 5.82 Å². The van der Waals surface area contributed by atoms with E-state index in [-0.39, 0.29) is 24.0 Å². The molecule has 8 nitrogen and oxygen atoms in total. The van der Waals surface area contributed by atoms with Gasteiger partial charge in [-0.25, -0.2) is 18.0 Å². The van der Waals surface area contributed by atoms with Crippen molar-refractivity contribution < 1.29 is 40.6 Å². The van der Waals surface area contributed by atoms with Crippen LogP contribution < -0.4 is 10.4 Å². The number of alkyl halides is 3. The summed E-state index contributed by atoms with van der Waals surface area (Å²) in [5.41, 5.74) is -2.77. The van der Waals surface area contributed by atoms with E-state index in [1.807, 2.05) is 0 Å². The van der Waals surface area contributed by atoms with E-state index >= 15 is 8.78 Å². The fraction of sp³-hybridized carbons (Fsp3) is 0.444. The smallest absolute Gasteiger partial charge is 0.425 e. The van der Waals surface area contributed by atoms with E-state index in [1.54, 1.807) is 6.92 Å². The van der Waals surface area contributed by atoms with Crippen LogP contribution >= 0.6 is 11.6 Å². The number of hydrogen-bond acceptors (Lipinski definition) is 6. The van der Waals surface area contributed by atoms with Crippen molar-refractivity contribution in [2.24, 2.45) is 4.99 Å². The average molecular weight is 623 g/mol. The zero-order valence-electron chi connectivity index (χ0n) is 23.0. The third-order valence-corrected chi connectivity index (χ3v) is 6.40. The molecule has 3 rings (SSSR count). The first-order chi connectivity index (χ1) is 19.8. The highest BCUT2D eigenvalue weighted by Gasteiger charge is 2.39. The van der Waals surface area contributed by atoms with E-state index in [0.29, 0.717) is 49.0 Å². The maximum Gasteiger partial charge on any atom is 0.425 e. The Balaban J connectivity index is 2.13. The molecule has 42 heavy (non-hydrogen) atoms. The Morgan fingerprint density at radius 3 is 2.62 bits per heavy atom. The minimum absolute atomic E-state index is 0.0998. The zero-order valence-corrected chi connectivity index (χ0v) is 23.7. The Labute approximate surface area is 242 Å². The summed E-state index contributed by atoms with van der Waals surface area (Å²) in [5, 5.41) is 3.88. The lowest BCUT2D eigenvalue weighted by molar-refractivity contribution is -0.189. The van der Waals surface area contributed by atoms with Gasteiger partial charge in [-0.1, -0.05) is 11.6 Å². The lowest BCUT2D eigenvalue weighted by Gasteiger charge is -2.22. The molecule has 2 aromatic rings. The molecule has 0 spiro atoms. The van der Waals surface area contributed by atoms with E-state index in [0.717, 1.165) is 12.8 Å². The molecule has 15 heteroatoms. The summed E-state index contributed by atoms with van der Waals surface area (Å²) < 4.78 is 103. The van der Waals surface area contributed by atoms with Crippen LogP contribution in [0.25, 0.3) is 11.5 Å². The minimum atomic E-state index is -4.89. The van der Waals surface area contributed by atoms with Gasteiger partial charge in [0.1, 0.15) is 35.5 Å². The monoisotopic (exact) mass is 622 g/mol. The van der Waals surface area contributed by atoms with Crippen molar-refractivity contribution in [3.05, 3.63) is 68.5 Å². The Kier molecular flexibility index (Phi) is 11.2. The van der Waals surface area contributed by atoms with Gasteiger partial charge in [0, 0.05) is 29.8 Å². The number of halogens is 7. The molecule has 1 aliphatic heterocycles. The molecule has 1 aromatic heterocycles. The van der Waals surface area contributed by atoms with Gasteiger partial charge in [0.15, 0.2) is 18.2 Å². The van der Waals surface area contributed by atoms with Crippen molar-refractivity contribution in [2.75, 3.05) is 6.61 Å². The van der Waals surface area contributed by atoms with Crippen LogP contribution in [0.5, 0.6) is 5.75 Å². The number of rotatable bonds is 11. The lowest BCUT2D eigenvalue weighted by Crippen LogP contribution is -2.31. The first-order valence-corrected chi connectivity index (χ1v) is 13.2. The summed E-state index contributed by atoms with van der Waals surface area (Å²) in [6.45, 7) is 7.05. The Morgan fingerprint density at radius 2 is 2.05 bits per heavy atom. The molecule has 0 amide bonds.